The standard InChI is InChI=1S/C33H21N3S2/c1-3-7-28-25(5-1)30-32(37-28)22(13-17-35-30)21-9-10-23(27(19-21)20-11-15-34-16-12-20)24-14-18-36-31-26-6-2-4-8-29(26)38-33(24)31/h1-19,26,29H. The molecule has 1 aliphatic heterocycles. The summed E-state index contributed by atoms with van der Waals surface area (Å²) in [6.07, 6.45) is 16.5. The largest absolute Gasteiger partial charge is 0.265 e. The topological polar surface area (TPSA) is 38.7 Å². The molecule has 0 saturated heterocycles. The summed E-state index contributed by atoms with van der Waals surface area (Å²) in [5.74, 6) is 0.335. The second kappa shape index (κ2) is 8.76. The van der Waals surface area contributed by atoms with E-state index in [1.54, 1.807) is 0 Å². The number of allylic oxidation sites excluding steroid dienone is 3. The van der Waals surface area contributed by atoms with Crippen molar-refractivity contribution in [2.45, 2.75) is 16.1 Å². The molecule has 6 aromatic rings. The Morgan fingerprint density at radius 2 is 1.50 bits per heavy atom. The molecule has 3 nitrogen and oxygen atoms in total. The number of thioether (sulfide) groups is 1. The van der Waals surface area contributed by atoms with Crippen LogP contribution in [0.1, 0.15) is 11.6 Å². The lowest BCUT2D eigenvalue weighted by atomic mass is 9.90. The van der Waals surface area contributed by atoms with Crippen LogP contribution in [-0.2, 0) is 0 Å². The Kier molecular flexibility index (Phi) is 5.06. The molecular formula is C33H21N3S2. The van der Waals surface area contributed by atoms with Crippen LogP contribution in [0.25, 0.3) is 53.7 Å². The highest BCUT2D eigenvalue weighted by Crippen LogP contribution is 2.52. The third-order valence-electron chi connectivity index (χ3n) is 7.46. The zero-order chi connectivity index (χ0) is 25.1. The van der Waals surface area contributed by atoms with E-state index in [9.17, 15) is 0 Å². The quantitative estimate of drug-likeness (QED) is 0.232. The van der Waals surface area contributed by atoms with E-state index in [4.69, 9.17) is 9.97 Å². The maximum absolute atomic E-state index is 4.83. The van der Waals surface area contributed by atoms with Crippen LogP contribution in [0, 0.1) is 0 Å². The Morgan fingerprint density at radius 1 is 0.658 bits per heavy atom. The number of rotatable bonds is 3. The predicted molar refractivity (Wildman–Crippen MR) is 160 cm³/mol. The summed E-state index contributed by atoms with van der Waals surface area (Å²) < 4.78 is 2.49. The molecule has 4 aromatic heterocycles. The molecular weight excluding hydrogens is 503 g/mol. The van der Waals surface area contributed by atoms with Gasteiger partial charge < -0.3 is 0 Å². The average Bonchev–Trinajstić information content (AvgIpc) is 3.56. The van der Waals surface area contributed by atoms with Crippen molar-refractivity contribution in [3.63, 3.8) is 0 Å². The van der Waals surface area contributed by atoms with E-state index in [2.05, 4.69) is 96.0 Å². The van der Waals surface area contributed by atoms with Gasteiger partial charge in [0.15, 0.2) is 0 Å². The van der Waals surface area contributed by atoms with Crippen LogP contribution in [0.15, 0.2) is 121 Å². The Morgan fingerprint density at radius 3 is 2.45 bits per heavy atom. The third-order valence-corrected chi connectivity index (χ3v) is 10.0. The van der Waals surface area contributed by atoms with Gasteiger partial charge in [0, 0.05) is 56.5 Å². The molecule has 38 heavy (non-hydrogen) atoms. The highest BCUT2D eigenvalue weighted by Gasteiger charge is 2.34. The number of nitrogens with zero attached hydrogens (tertiary/aromatic N) is 3. The van der Waals surface area contributed by atoms with Crippen molar-refractivity contribution in [1.29, 1.82) is 0 Å². The summed E-state index contributed by atoms with van der Waals surface area (Å²) in [4.78, 5) is 15.2. The molecule has 180 valence electrons. The van der Waals surface area contributed by atoms with Crippen LogP contribution in [0.5, 0.6) is 0 Å². The first kappa shape index (κ1) is 22.0. The van der Waals surface area contributed by atoms with Crippen molar-refractivity contribution < 1.29 is 0 Å². The summed E-state index contributed by atoms with van der Waals surface area (Å²) in [6, 6.07) is 23.9. The molecule has 0 spiro atoms. The molecule has 5 heterocycles. The maximum atomic E-state index is 4.83. The molecule has 8 rings (SSSR count). The van der Waals surface area contributed by atoms with Gasteiger partial charge in [-0.15, -0.1) is 23.1 Å². The van der Waals surface area contributed by atoms with Gasteiger partial charge in [-0.2, -0.15) is 0 Å². The smallest absolute Gasteiger partial charge is 0.0894 e. The number of thiophene rings is 1. The monoisotopic (exact) mass is 523 g/mol. The summed E-state index contributed by atoms with van der Waals surface area (Å²) in [7, 11) is 0. The van der Waals surface area contributed by atoms with E-state index in [1.807, 2.05) is 47.9 Å². The maximum Gasteiger partial charge on any atom is 0.0894 e. The number of fused-ring (bicyclic) bond motifs is 6. The van der Waals surface area contributed by atoms with Crippen LogP contribution in [0.2, 0.25) is 0 Å². The SMILES string of the molecule is C1=CC2Sc3c(-c4ccc(-c5ccnc6c5sc5ccccc56)cc4-c4ccncc4)ccnc3C2C=C1. The normalized spacial score (nSPS) is 17.7. The molecule has 0 fully saturated rings. The lowest BCUT2D eigenvalue weighted by molar-refractivity contribution is 0.837. The molecule has 0 radical (unpaired) electrons. The second-order valence-corrected chi connectivity index (χ2v) is 11.8. The molecule has 0 amide bonds. The fourth-order valence-electron chi connectivity index (χ4n) is 5.67. The van der Waals surface area contributed by atoms with Crippen molar-refractivity contribution >= 4 is 43.4 Å². The van der Waals surface area contributed by atoms with Crippen LogP contribution >= 0.6 is 23.1 Å². The van der Waals surface area contributed by atoms with E-state index < -0.39 is 0 Å². The van der Waals surface area contributed by atoms with E-state index >= 15 is 0 Å². The molecule has 0 saturated carbocycles. The Balaban J connectivity index is 1.34. The molecule has 1 aliphatic carbocycles. The third kappa shape index (κ3) is 3.39. The minimum Gasteiger partial charge on any atom is -0.265 e. The highest BCUT2D eigenvalue weighted by atomic mass is 32.2. The van der Waals surface area contributed by atoms with Gasteiger partial charge in [0.1, 0.15) is 0 Å². The average molecular weight is 524 g/mol. The van der Waals surface area contributed by atoms with Crippen LogP contribution < -0.4 is 0 Å². The first-order valence-corrected chi connectivity index (χ1v) is 14.4. The molecule has 2 atom stereocenters. The van der Waals surface area contributed by atoms with Crippen molar-refractivity contribution in [2.24, 2.45) is 0 Å². The molecule has 0 bridgehead atoms. The Labute approximate surface area is 228 Å². The fraction of sp³-hybridized carbons (Fsp3) is 0.0606. The Hall–Kier alpha value is -4.06. The minimum absolute atomic E-state index is 0.335. The highest BCUT2D eigenvalue weighted by molar-refractivity contribution is 8.00. The van der Waals surface area contributed by atoms with Crippen molar-refractivity contribution in [3.8, 4) is 33.4 Å². The van der Waals surface area contributed by atoms with Crippen molar-refractivity contribution in [1.82, 2.24) is 15.0 Å². The second-order valence-electron chi connectivity index (χ2n) is 9.58. The van der Waals surface area contributed by atoms with Gasteiger partial charge in [0.25, 0.3) is 0 Å². The van der Waals surface area contributed by atoms with Gasteiger partial charge in [0.05, 0.1) is 15.9 Å². The number of hydrogen-bond acceptors (Lipinski definition) is 5. The van der Waals surface area contributed by atoms with E-state index in [0.717, 1.165) is 11.1 Å². The lowest BCUT2D eigenvalue weighted by Crippen LogP contribution is -2.07. The number of pyridine rings is 3. The minimum atomic E-state index is 0.335. The molecule has 0 N–H and O–H groups in total. The van der Waals surface area contributed by atoms with Gasteiger partial charge in [0.2, 0.25) is 0 Å². The van der Waals surface area contributed by atoms with Gasteiger partial charge in [-0.25, -0.2) is 0 Å². The van der Waals surface area contributed by atoms with Crippen LogP contribution in [0.3, 0.4) is 0 Å². The first-order chi connectivity index (χ1) is 18.8. The van der Waals surface area contributed by atoms with Gasteiger partial charge in [-0.05, 0) is 64.2 Å². The van der Waals surface area contributed by atoms with Gasteiger partial charge >= 0.3 is 0 Å². The zero-order valence-electron chi connectivity index (χ0n) is 20.3. The fourth-order valence-corrected chi connectivity index (χ4v) is 8.29. The van der Waals surface area contributed by atoms with Crippen molar-refractivity contribution in [3.05, 3.63) is 122 Å². The van der Waals surface area contributed by atoms with E-state index in [-0.39, 0.29) is 0 Å². The number of hydrogen-bond donors (Lipinski definition) is 0. The Bertz CT molecular complexity index is 1920. The lowest BCUT2D eigenvalue weighted by Gasteiger charge is -2.16. The van der Waals surface area contributed by atoms with E-state index in [1.165, 1.54) is 53.2 Å². The summed E-state index contributed by atoms with van der Waals surface area (Å²) >= 11 is 3.75. The summed E-state index contributed by atoms with van der Waals surface area (Å²) in [5, 5.41) is 1.62. The number of aromatic nitrogens is 3. The van der Waals surface area contributed by atoms with Crippen LogP contribution in [-0.4, -0.2) is 20.2 Å². The predicted octanol–water partition coefficient (Wildman–Crippen LogP) is 8.92. The van der Waals surface area contributed by atoms with Crippen molar-refractivity contribution in [2.75, 3.05) is 0 Å². The molecule has 2 aliphatic rings. The first-order valence-electron chi connectivity index (χ1n) is 12.7. The van der Waals surface area contributed by atoms with Gasteiger partial charge in [-0.3, -0.25) is 15.0 Å². The molecule has 2 unspecified atom stereocenters. The zero-order valence-corrected chi connectivity index (χ0v) is 21.9. The van der Waals surface area contributed by atoms with Crippen LogP contribution in [0.4, 0.5) is 0 Å². The summed E-state index contributed by atoms with van der Waals surface area (Å²) in [5.41, 5.74) is 9.49. The van der Waals surface area contributed by atoms with Gasteiger partial charge in [-0.1, -0.05) is 54.6 Å². The number of benzene rings is 2. The van der Waals surface area contributed by atoms with E-state index in [0.29, 0.717) is 11.2 Å². The molecule has 5 heteroatoms. The molecule has 2 aromatic carbocycles. The summed E-state index contributed by atoms with van der Waals surface area (Å²) in [6.45, 7) is 0.